The molecule has 220 valence electrons. The first-order valence-corrected chi connectivity index (χ1v) is 13.1. The van der Waals surface area contributed by atoms with Crippen molar-refractivity contribution in [1.29, 1.82) is 0 Å². The second-order valence-electron chi connectivity index (χ2n) is 9.53. The Kier molecular flexibility index (Phi) is 9.61. The van der Waals surface area contributed by atoms with Crippen LogP contribution in [0.4, 0.5) is 22.0 Å². The number of fused-ring (bicyclic) bond motifs is 1. The second-order valence-corrected chi connectivity index (χ2v) is 9.53. The van der Waals surface area contributed by atoms with Crippen LogP contribution in [0.3, 0.4) is 0 Å². The number of H-pyrrole nitrogens is 2. The minimum atomic E-state index is -2.73. The van der Waals surface area contributed by atoms with Crippen molar-refractivity contribution in [3.05, 3.63) is 101 Å². The van der Waals surface area contributed by atoms with Gasteiger partial charge in [0.2, 0.25) is 6.43 Å². The summed E-state index contributed by atoms with van der Waals surface area (Å²) in [5, 5.41) is 7.30. The fraction of sp³-hybridized carbons (Fsp3) is 0.226. The van der Waals surface area contributed by atoms with Gasteiger partial charge in [-0.2, -0.15) is 0 Å². The summed E-state index contributed by atoms with van der Waals surface area (Å²) in [6, 6.07) is 11.7. The average molecular weight is 586 g/mol. The topological polar surface area (TPSA) is 91.0 Å². The lowest BCUT2D eigenvalue weighted by molar-refractivity contribution is -0.122. The number of hydrogen-bond donors (Lipinski definition) is 3. The number of rotatable bonds is 9. The molecule has 5 aromatic rings. The van der Waals surface area contributed by atoms with Crippen molar-refractivity contribution < 1.29 is 36.6 Å². The monoisotopic (exact) mass is 585 g/mol. The smallest absolute Gasteiger partial charge is 0.290 e. The molecule has 2 heterocycles. The number of aromatic nitrogens is 3. The van der Waals surface area contributed by atoms with Crippen LogP contribution >= 0.6 is 0 Å². The summed E-state index contributed by atoms with van der Waals surface area (Å²) in [6.07, 6.45) is 1.03. The van der Waals surface area contributed by atoms with E-state index in [0.29, 0.717) is 34.1 Å². The van der Waals surface area contributed by atoms with E-state index in [1.807, 2.05) is 19.9 Å². The molecule has 0 saturated heterocycles. The van der Waals surface area contributed by atoms with Crippen LogP contribution in [-0.4, -0.2) is 33.0 Å². The molecule has 0 amide bonds. The van der Waals surface area contributed by atoms with Crippen molar-refractivity contribution in [3.8, 4) is 22.9 Å². The molecule has 5 rings (SSSR count). The molecular formula is C31H28F5N3O3. The molecule has 0 saturated carbocycles. The summed E-state index contributed by atoms with van der Waals surface area (Å²) in [5.74, 6) is -2.25. The molecule has 0 aliphatic carbocycles. The third kappa shape index (κ3) is 6.45. The van der Waals surface area contributed by atoms with Gasteiger partial charge in [0.25, 0.3) is 6.47 Å². The van der Waals surface area contributed by atoms with Gasteiger partial charge in [0.1, 0.15) is 23.2 Å². The third-order valence-corrected chi connectivity index (χ3v) is 6.79. The number of aromatic amines is 2. The molecule has 0 aliphatic rings. The number of alkyl halides is 2. The van der Waals surface area contributed by atoms with Gasteiger partial charge in [-0.05, 0) is 41.8 Å². The highest BCUT2D eigenvalue weighted by Crippen LogP contribution is 2.37. The van der Waals surface area contributed by atoms with Crippen LogP contribution in [0, 0.1) is 17.5 Å². The van der Waals surface area contributed by atoms with E-state index < -0.39 is 24.5 Å². The molecule has 3 N–H and O–H groups in total. The van der Waals surface area contributed by atoms with Crippen molar-refractivity contribution in [2.45, 2.75) is 45.5 Å². The standard InChI is InChI=1S/C30H26F5N3O.CH2O2/c1-3-5-17-6-4-7-19(28(17)35)16(2)26-15-37-30(38-26)22-12-18(8-9-23(22)31)39-29-21(13-27(33)34)20-10-11-36-25(20)14-24(29)32;2-1-3/h4,6-12,14-16,27,36H,3,5,13H2,1-2H3,(H,37,38);1H,(H,2,3). The molecule has 0 aliphatic heterocycles. The van der Waals surface area contributed by atoms with E-state index in [-0.39, 0.29) is 46.7 Å². The van der Waals surface area contributed by atoms with Crippen LogP contribution in [0.2, 0.25) is 0 Å². The van der Waals surface area contributed by atoms with Crippen molar-refractivity contribution >= 4 is 17.4 Å². The molecule has 3 aromatic carbocycles. The van der Waals surface area contributed by atoms with Gasteiger partial charge < -0.3 is 19.8 Å². The zero-order valence-corrected chi connectivity index (χ0v) is 22.7. The predicted octanol–water partition coefficient (Wildman–Crippen LogP) is 8.38. The van der Waals surface area contributed by atoms with Crippen LogP contribution in [0.25, 0.3) is 22.3 Å². The van der Waals surface area contributed by atoms with Gasteiger partial charge in [-0.3, -0.25) is 4.79 Å². The maximum absolute atomic E-state index is 15.1. The number of halogens is 5. The van der Waals surface area contributed by atoms with Crippen LogP contribution in [-0.2, 0) is 17.6 Å². The van der Waals surface area contributed by atoms with Crippen LogP contribution in [0.15, 0.2) is 60.9 Å². The van der Waals surface area contributed by atoms with Gasteiger partial charge in [-0.15, -0.1) is 0 Å². The molecule has 2 aromatic heterocycles. The zero-order chi connectivity index (χ0) is 30.4. The lowest BCUT2D eigenvalue weighted by Crippen LogP contribution is -2.03. The number of ether oxygens (including phenoxy) is 1. The first-order valence-electron chi connectivity index (χ1n) is 13.1. The Morgan fingerprint density at radius 1 is 1.07 bits per heavy atom. The van der Waals surface area contributed by atoms with E-state index in [9.17, 15) is 17.6 Å². The minimum absolute atomic E-state index is 0.00793. The number of benzene rings is 3. The van der Waals surface area contributed by atoms with E-state index >= 15 is 4.39 Å². The van der Waals surface area contributed by atoms with Crippen molar-refractivity contribution in [2.24, 2.45) is 0 Å². The summed E-state index contributed by atoms with van der Waals surface area (Å²) in [4.78, 5) is 18.5. The Labute approximate surface area is 238 Å². The number of hydrogen-bond acceptors (Lipinski definition) is 3. The summed E-state index contributed by atoms with van der Waals surface area (Å²) in [6.45, 7) is 3.56. The van der Waals surface area contributed by atoms with Crippen LogP contribution in [0.5, 0.6) is 11.5 Å². The SMILES string of the molecule is CCCc1cccc(C(C)c2cnc(-c3cc(Oc4c(F)cc5[nH]ccc5c4CC(F)F)ccc3F)[nH]2)c1F.O=CO. The zero-order valence-electron chi connectivity index (χ0n) is 22.7. The van der Waals surface area contributed by atoms with E-state index in [2.05, 4.69) is 15.0 Å². The number of nitrogens with one attached hydrogen (secondary N) is 2. The van der Waals surface area contributed by atoms with Crippen LogP contribution in [0.1, 0.15) is 48.6 Å². The molecular weight excluding hydrogens is 557 g/mol. The highest BCUT2D eigenvalue weighted by atomic mass is 19.3. The molecule has 1 unspecified atom stereocenters. The predicted molar refractivity (Wildman–Crippen MR) is 149 cm³/mol. The molecule has 11 heteroatoms. The minimum Gasteiger partial charge on any atom is -0.483 e. The number of carboxylic acid groups (broad SMARTS) is 1. The van der Waals surface area contributed by atoms with Gasteiger partial charge in [0.15, 0.2) is 11.6 Å². The maximum Gasteiger partial charge on any atom is 0.290 e. The summed E-state index contributed by atoms with van der Waals surface area (Å²) >= 11 is 0. The van der Waals surface area contributed by atoms with E-state index in [0.717, 1.165) is 12.5 Å². The maximum atomic E-state index is 15.1. The van der Waals surface area contributed by atoms with Crippen molar-refractivity contribution in [1.82, 2.24) is 15.0 Å². The van der Waals surface area contributed by atoms with Crippen molar-refractivity contribution in [2.75, 3.05) is 0 Å². The fourth-order valence-electron chi connectivity index (χ4n) is 4.81. The lowest BCUT2D eigenvalue weighted by atomic mass is 9.94. The van der Waals surface area contributed by atoms with Gasteiger partial charge in [-0.25, -0.2) is 26.9 Å². The Morgan fingerprint density at radius 3 is 2.55 bits per heavy atom. The van der Waals surface area contributed by atoms with E-state index in [4.69, 9.17) is 14.6 Å². The van der Waals surface area contributed by atoms with Gasteiger partial charge in [0.05, 0.1) is 5.56 Å². The third-order valence-electron chi connectivity index (χ3n) is 6.79. The average Bonchev–Trinajstić information content (AvgIpc) is 3.63. The Balaban J connectivity index is 0.00000129. The molecule has 0 bridgehead atoms. The molecule has 1 atom stereocenters. The van der Waals surface area contributed by atoms with E-state index in [1.165, 1.54) is 30.6 Å². The number of imidazole rings is 1. The first kappa shape index (κ1) is 30.3. The van der Waals surface area contributed by atoms with E-state index in [1.54, 1.807) is 18.2 Å². The quantitative estimate of drug-likeness (QED) is 0.120. The van der Waals surface area contributed by atoms with Crippen LogP contribution < -0.4 is 4.74 Å². The highest BCUT2D eigenvalue weighted by molar-refractivity contribution is 5.85. The normalized spacial score (nSPS) is 11.8. The molecule has 0 spiro atoms. The number of carbonyl (C=O) groups is 1. The Bertz CT molecular complexity index is 1680. The molecule has 6 nitrogen and oxygen atoms in total. The summed E-state index contributed by atoms with van der Waals surface area (Å²) in [7, 11) is 0. The first-order chi connectivity index (χ1) is 20.2. The number of aryl methyl sites for hydroxylation is 1. The fourth-order valence-corrected chi connectivity index (χ4v) is 4.81. The lowest BCUT2D eigenvalue weighted by Gasteiger charge is -2.15. The number of nitrogens with zero attached hydrogens (tertiary/aromatic N) is 1. The second kappa shape index (κ2) is 13.3. The van der Waals surface area contributed by atoms with Gasteiger partial charge in [-0.1, -0.05) is 38.5 Å². The molecule has 42 heavy (non-hydrogen) atoms. The largest absolute Gasteiger partial charge is 0.483 e. The van der Waals surface area contributed by atoms with Crippen molar-refractivity contribution in [3.63, 3.8) is 0 Å². The molecule has 0 radical (unpaired) electrons. The summed E-state index contributed by atoms with van der Waals surface area (Å²) < 4.78 is 77.3. The Hall–Kier alpha value is -4.67. The Morgan fingerprint density at radius 2 is 1.83 bits per heavy atom. The molecule has 0 fully saturated rings. The summed E-state index contributed by atoms with van der Waals surface area (Å²) in [5.41, 5.74) is 2.11. The van der Waals surface area contributed by atoms with Gasteiger partial charge >= 0.3 is 0 Å². The van der Waals surface area contributed by atoms with Gasteiger partial charge in [0, 0.05) is 53.0 Å². The highest BCUT2D eigenvalue weighted by Gasteiger charge is 2.22.